The van der Waals surface area contributed by atoms with E-state index < -0.39 is 13.2 Å². The second-order valence-electron chi connectivity index (χ2n) is 2.24. The fraction of sp³-hybridized carbons (Fsp3) is 0.250. The van der Waals surface area contributed by atoms with Gasteiger partial charge in [-0.2, -0.15) is 0 Å². The molecule has 1 rings (SSSR count). The second kappa shape index (κ2) is 8.26. The molecule has 0 radical (unpaired) electrons. The van der Waals surface area contributed by atoms with E-state index in [2.05, 4.69) is 0 Å². The monoisotopic (exact) mass is 198 g/mol. The van der Waals surface area contributed by atoms with E-state index in [1.807, 2.05) is 0 Å². The van der Waals surface area contributed by atoms with E-state index in [0.29, 0.717) is 11.1 Å². The van der Waals surface area contributed by atoms with Crippen molar-refractivity contribution in [1.29, 1.82) is 0 Å². The normalized spacial score (nSPS) is 8.46. The molecular weight excluding hydrogens is 190 g/mol. The Balaban J connectivity index is 0. The van der Waals surface area contributed by atoms with Crippen LogP contribution in [0.3, 0.4) is 0 Å². The van der Waals surface area contributed by atoms with Gasteiger partial charge >= 0.3 is 59.1 Å². The van der Waals surface area contributed by atoms with Gasteiger partial charge in [-0.05, 0) is 12.1 Å². The van der Waals surface area contributed by atoms with Gasteiger partial charge in [-0.1, -0.05) is 17.2 Å². The van der Waals surface area contributed by atoms with Crippen molar-refractivity contribution < 1.29 is 74.4 Å². The molecule has 0 aliphatic heterocycles. The zero-order valence-electron chi connectivity index (χ0n) is 7.91. The summed E-state index contributed by atoms with van der Waals surface area (Å²) in [4.78, 5) is 0. The predicted octanol–water partition coefficient (Wildman–Crippen LogP) is -6.88. The Bertz CT molecular complexity index is 253. The Hall–Kier alpha value is 0.940. The molecule has 0 fully saturated rings. The predicted molar refractivity (Wildman–Crippen MR) is 35.5 cm³/mol. The van der Waals surface area contributed by atoms with Gasteiger partial charge in [0.05, 0.1) is 0 Å². The van der Waals surface area contributed by atoms with Gasteiger partial charge in [-0.25, -0.2) is 0 Å². The number of phenols is 1. The average Bonchev–Trinajstić information content (AvgIpc) is 2.04. The van der Waals surface area contributed by atoms with Gasteiger partial charge in [-0.3, -0.25) is 0 Å². The molecule has 0 spiro atoms. The van der Waals surface area contributed by atoms with E-state index in [0.717, 1.165) is 0 Å². The van der Waals surface area contributed by atoms with E-state index >= 15 is 0 Å². The number of aromatic hydroxyl groups is 1. The van der Waals surface area contributed by atoms with Crippen LogP contribution in [0.15, 0.2) is 18.2 Å². The standard InChI is InChI=1S/C8H8O3.2Na/c9-4-6-1-2-8(11)3-7(6)5-10;;/h1-3,11H,4-5H2;;/q-2;2*+1. The Morgan fingerprint density at radius 2 is 1.54 bits per heavy atom. The molecule has 0 heterocycles. The molecule has 0 aromatic heterocycles. The first-order valence-electron chi connectivity index (χ1n) is 3.25. The molecule has 0 unspecified atom stereocenters. The molecule has 0 saturated carbocycles. The number of rotatable bonds is 2. The fourth-order valence-corrected chi connectivity index (χ4v) is 0.888. The molecule has 60 valence electrons. The van der Waals surface area contributed by atoms with Gasteiger partial charge in [0.2, 0.25) is 0 Å². The fourth-order valence-electron chi connectivity index (χ4n) is 0.888. The molecule has 0 aliphatic carbocycles. The van der Waals surface area contributed by atoms with Crippen molar-refractivity contribution in [1.82, 2.24) is 0 Å². The number of hydrogen-bond donors (Lipinski definition) is 1. The summed E-state index contributed by atoms with van der Waals surface area (Å²) in [5.41, 5.74) is 0.859. The zero-order chi connectivity index (χ0) is 8.27. The molecule has 0 amide bonds. The van der Waals surface area contributed by atoms with Crippen molar-refractivity contribution in [3.05, 3.63) is 29.3 Å². The minimum absolute atomic E-state index is 0. The van der Waals surface area contributed by atoms with E-state index in [-0.39, 0.29) is 64.9 Å². The molecule has 0 atom stereocenters. The van der Waals surface area contributed by atoms with Crippen molar-refractivity contribution in [2.75, 3.05) is 0 Å². The Labute approximate surface area is 121 Å². The molecule has 3 nitrogen and oxygen atoms in total. The summed E-state index contributed by atoms with van der Waals surface area (Å²) in [6.45, 7) is -0.857. The van der Waals surface area contributed by atoms with Crippen molar-refractivity contribution in [3.8, 4) is 5.75 Å². The quantitative estimate of drug-likeness (QED) is 0.480. The van der Waals surface area contributed by atoms with Gasteiger partial charge in [0.15, 0.2) is 0 Å². The Kier molecular flexibility index (Phi) is 10.4. The summed E-state index contributed by atoms with van der Waals surface area (Å²) < 4.78 is 0. The summed E-state index contributed by atoms with van der Waals surface area (Å²) >= 11 is 0. The van der Waals surface area contributed by atoms with Gasteiger partial charge in [0.25, 0.3) is 0 Å². The van der Waals surface area contributed by atoms with Gasteiger partial charge < -0.3 is 15.3 Å². The third-order valence-corrected chi connectivity index (χ3v) is 1.50. The van der Waals surface area contributed by atoms with Crippen LogP contribution < -0.4 is 69.3 Å². The first kappa shape index (κ1) is 16.4. The van der Waals surface area contributed by atoms with Crippen LogP contribution in [-0.4, -0.2) is 5.11 Å². The smallest absolute Gasteiger partial charge is 0.851 e. The third-order valence-electron chi connectivity index (χ3n) is 1.50. The molecule has 0 aliphatic rings. The maximum absolute atomic E-state index is 10.4. The van der Waals surface area contributed by atoms with E-state index in [1.165, 1.54) is 18.2 Å². The second-order valence-corrected chi connectivity index (χ2v) is 2.24. The van der Waals surface area contributed by atoms with E-state index in [1.54, 1.807) is 0 Å². The Morgan fingerprint density at radius 3 is 2.00 bits per heavy atom. The van der Waals surface area contributed by atoms with Crippen LogP contribution in [0.2, 0.25) is 0 Å². The van der Waals surface area contributed by atoms with Crippen LogP contribution >= 0.6 is 0 Å². The summed E-state index contributed by atoms with van der Waals surface area (Å²) in [6.07, 6.45) is 0. The first-order chi connectivity index (χ1) is 5.27. The molecule has 1 N–H and O–H groups in total. The van der Waals surface area contributed by atoms with E-state index in [9.17, 15) is 10.2 Å². The molecule has 13 heavy (non-hydrogen) atoms. The Morgan fingerprint density at radius 1 is 1.00 bits per heavy atom. The molecular formula is C8H8Na2O3. The van der Waals surface area contributed by atoms with E-state index in [4.69, 9.17) is 5.11 Å². The maximum Gasteiger partial charge on any atom is 1.00 e. The van der Waals surface area contributed by atoms with Crippen molar-refractivity contribution in [2.24, 2.45) is 0 Å². The van der Waals surface area contributed by atoms with Crippen LogP contribution in [0.4, 0.5) is 0 Å². The first-order valence-corrected chi connectivity index (χ1v) is 3.25. The van der Waals surface area contributed by atoms with Crippen molar-refractivity contribution in [3.63, 3.8) is 0 Å². The summed E-state index contributed by atoms with van der Waals surface area (Å²) in [7, 11) is 0. The summed E-state index contributed by atoms with van der Waals surface area (Å²) in [5.74, 6) is 0.0352. The van der Waals surface area contributed by atoms with Crippen LogP contribution in [-0.2, 0) is 13.2 Å². The SMILES string of the molecule is [Na+].[Na+].[O-]Cc1ccc(O)cc1C[O-]. The molecule has 5 heteroatoms. The summed E-state index contributed by atoms with van der Waals surface area (Å²) in [5, 5.41) is 29.7. The van der Waals surface area contributed by atoms with Crippen LogP contribution in [0.5, 0.6) is 5.75 Å². The summed E-state index contributed by atoms with van der Waals surface area (Å²) in [6, 6.07) is 4.22. The van der Waals surface area contributed by atoms with Gasteiger partial charge in [-0.15, -0.1) is 13.2 Å². The molecule has 1 aromatic rings. The maximum atomic E-state index is 10.4. The minimum atomic E-state index is -0.452. The average molecular weight is 198 g/mol. The van der Waals surface area contributed by atoms with Crippen LogP contribution in [0.1, 0.15) is 11.1 Å². The molecule has 0 bridgehead atoms. The number of benzene rings is 1. The van der Waals surface area contributed by atoms with Crippen LogP contribution in [0.25, 0.3) is 0 Å². The van der Waals surface area contributed by atoms with Gasteiger partial charge in [0.1, 0.15) is 5.75 Å². The number of phenolic OH excluding ortho intramolecular Hbond substituents is 1. The molecule has 0 saturated heterocycles. The third kappa shape index (κ3) is 4.81. The zero-order valence-corrected chi connectivity index (χ0v) is 11.9. The van der Waals surface area contributed by atoms with Crippen LogP contribution in [0, 0.1) is 0 Å². The minimum Gasteiger partial charge on any atom is -0.851 e. The topological polar surface area (TPSA) is 66.3 Å². The number of hydrogen-bond acceptors (Lipinski definition) is 3. The van der Waals surface area contributed by atoms with Crippen molar-refractivity contribution >= 4 is 0 Å². The van der Waals surface area contributed by atoms with Crippen molar-refractivity contribution in [2.45, 2.75) is 13.2 Å². The van der Waals surface area contributed by atoms with Gasteiger partial charge in [0, 0.05) is 0 Å². The molecule has 1 aromatic carbocycles. The largest absolute Gasteiger partial charge is 1.00 e.